The number of aliphatic hydroxyl groups is 1. The molecule has 1 N–H and O–H groups in total. The molecule has 0 aliphatic rings. The van der Waals surface area contributed by atoms with Crippen molar-refractivity contribution in [3.05, 3.63) is 84.4 Å². The molecule has 0 bridgehead atoms. The second kappa shape index (κ2) is 12.0. The smallest absolute Gasteiger partial charge is 0.164 e. The van der Waals surface area contributed by atoms with E-state index in [2.05, 4.69) is 66.3 Å². The molecule has 0 aliphatic carbocycles. The summed E-state index contributed by atoms with van der Waals surface area (Å²) in [5.41, 5.74) is 4.59. The van der Waals surface area contributed by atoms with E-state index < -0.39 is 5.41 Å². The zero-order valence-electron chi connectivity index (χ0n) is 24.4. The molecule has 0 unspecified atom stereocenters. The second-order valence-electron chi connectivity index (χ2n) is 12.3. The van der Waals surface area contributed by atoms with Crippen molar-refractivity contribution in [3.63, 3.8) is 0 Å². The average Bonchev–Trinajstić information content (AvgIpc) is 3.24. The minimum Gasteiger partial charge on any atom is -0.512 e. The van der Waals surface area contributed by atoms with Crippen molar-refractivity contribution < 1.29 is 34.4 Å². The second-order valence-corrected chi connectivity index (χ2v) is 12.3. The maximum atomic E-state index is 11.5. The Balaban J connectivity index is 0.000000272. The Morgan fingerprint density at radius 3 is 2.15 bits per heavy atom. The first-order chi connectivity index (χ1) is 18.3. The van der Waals surface area contributed by atoms with Gasteiger partial charge in [-0.3, -0.25) is 9.78 Å². The fraction of sp³-hybridized carbons (Fsp3) is 0.324. The standard InChI is InChI=1S/C23H17N2O.C11H20O2.Ir/c1-14(2)15-7-9-16(10-8-15)21-23-22(25-13-24-21)19-11-17-5-3-4-6-18(17)12-20(19)26-23;1-10(2,3)8(12)7-9(13)11(4,5)6;/h3-9,11-14H,1-2H3;7,12H,1-6H3;/q-1;;/b;8-7-;. The van der Waals surface area contributed by atoms with Crippen LogP contribution in [0.25, 0.3) is 44.1 Å². The molecule has 2 aromatic heterocycles. The number of fused-ring (bicyclic) bond motifs is 4. The average molecular weight is 714 g/mol. The summed E-state index contributed by atoms with van der Waals surface area (Å²) < 4.78 is 6.18. The fourth-order valence-electron chi connectivity index (χ4n) is 3.95. The molecular weight excluding hydrogens is 677 g/mol. The van der Waals surface area contributed by atoms with Gasteiger partial charge in [-0.2, -0.15) is 0 Å². The van der Waals surface area contributed by atoms with Gasteiger partial charge in [0, 0.05) is 48.1 Å². The minimum absolute atomic E-state index is 0. The Bertz CT molecular complexity index is 1670. The van der Waals surface area contributed by atoms with Gasteiger partial charge in [0.05, 0.1) is 0 Å². The molecule has 0 spiro atoms. The Labute approximate surface area is 250 Å². The van der Waals surface area contributed by atoms with E-state index in [-0.39, 0.29) is 37.1 Å². The van der Waals surface area contributed by atoms with Gasteiger partial charge >= 0.3 is 0 Å². The molecule has 6 heteroatoms. The largest absolute Gasteiger partial charge is 0.512 e. The molecular formula is C34H37IrN2O3-. The van der Waals surface area contributed by atoms with Gasteiger partial charge in [-0.25, -0.2) is 4.98 Å². The van der Waals surface area contributed by atoms with E-state index in [0.717, 1.165) is 33.1 Å². The number of carbonyl (C=O) groups excluding carboxylic acids is 1. The van der Waals surface area contributed by atoms with E-state index in [1.807, 2.05) is 59.7 Å². The third kappa shape index (κ3) is 6.86. The van der Waals surface area contributed by atoms with Gasteiger partial charge in [0.1, 0.15) is 28.8 Å². The molecule has 0 saturated heterocycles. The molecule has 2 heterocycles. The van der Waals surface area contributed by atoms with Crippen molar-refractivity contribution in [2.45, 2.75) is 61.3 Å². The van der Waals surface area contributed by atoms with Crippen LogP contribution in [-0.2, 0) is 24.9 Å². The van der Waals surface area contributed by atoms with Crippen LogP contribution in [0, 0.1) is 16.9 Å². The number of aromatic nitrogens is 2. The van der Waals surface area contributed by atoms with Crippen molar-refractivity contribution in [1.82, 2.24) is 9.97 Å². The summed E-state index contributed by atoms with van der Waals surface area (Å²) in [5, 5.41) is 12.9. The van der Waals surface area contributed by atoms with Crippen LogP contribution in [0.5, 0.6) is 0 Å². The van der Waals surface area contributed by atoms with Crippen molar-refractivity contribution in [1.29, 1.82) is 0 Å². The first kappa shape index (κ1) is 31.2. The van der Waals surface area contributed by atoms with Crippen molar-refractivity contribution in [2.75, 3.05) is 0 Å². The summed E-state index contributed by atoms with van der Waals surface area (Å²) in [6, 6.07) is 22.1. The summed E-state index contributed by atoms with van der Waals surface area (Å²) in [6.45, 7) is 15.5. The first-order valence-electron chi connectivity index (χ1n) is 13.3. The van der Waals surface area contributed by atoms with Gasteiger partial charge in [0.2, 0.25) is 0 Å². The van der Waals surface area contributed by atoms with E-state index in [0.29, 0.717) is 11.5 Å². The van der Waals surface area contributed by atoms with Gasteiger partial charge in [-0.1, -0.05) is 85.6 Å². The first-order valence-corrected chi connectivity index (χ1v) is 13.3. The molecule has 0 fully saturated rings. The maximum Gasteiger partial charge on any atom is 0.164 e. The Morgan fingerprint density at radius 1 is 0.950 bits per heavy atom. The molecule has 211 valence electrons. The van der Waals surface area contributed by atoms with Gasteiger partial charge in [-0.05, 0) is 22.9 Å². The molecule has 0 amide bonds. The predicted octanol–water partition coefficient (Wildman–Crippen LogP) is 9.21. The Morgan fingerprint density at radius 2 is 1.60 bits per heavy atom. The van der Waals surface area contributed by atoms with E-state index in [9.17, 15) is 9.90 Å². The van der Waals surface area contributed by atoms with Gasteiger partial charge in [0.15, 0.2) is 5.78 Å². The topological polar surface area (TPSA) is 76.2 Å². The van der Waals surface area contributed by atoms with Crippen LogP contribution in [0.2, 0.25) is 0 Å². The fourth-order valence-corrected chi connectivity index (χ4v) is 3.95. The van der Waals surface area contributed by atoms with Crippen LogP contribution in [-0.4, -0.2) is 20.9 Å². The summed E-state index contributed by atoms with van der Waals surface area (Å²) in [4.78, 5) is 20.5. The van der Waals surface area contributed by atoms with Gasteiger partial charge < -0.3 is 9.52 Å². The number of rotatable bonds is 3. The summed E-state index contributed by atoms with van der Waals surface area (Å²) in [6.07, 6.45) is 2.94. The van der Waals surface area contributed by atoms with Crippen LogP contribution in [0.1, 0.15) is 66.9 Å². The number of nitrogens with zero attached hydrogens (tertiary/aromatic N) is 2. The molecule has 0 aliphatic heterocycles. The predicted molar refractivity (Wildman–Crippen MR) is 160 cm³/mol. The zero-order chi connectivity index (χ0) is 28.5. The summed E-state index contributed by atoms with van der Waals surface area (Å²) in [5.74, 6) is 0.580. The van der Waals surface area contributed by atoms with E-state index in [1.165, 1.54) is 17.0 Å². The van der Waals surface area contributed by atoms with Gasteiger partial charge in [0.25, 0.3) is 0 Å². The van der Waals surface area contributed by atoms with Crippen molar-refractivity contribution in [2.24, 2.45) is 10.8 Å². The van der Waals surface area contributed by atoms with Crippen LogP contribution < -0.4 is 0 Å². The van der Waals surface area contributed by atoms with Crippen LogP contribution >= 0.6 is 0 Å². The molecule has 5 aromatic rings. The number of allylic oxidation sites excluding steroid dienone is 2. The number of hydrogen-bond acceptors (Lipinski definition) is 5. The summed E-state index contributed by atoms with van der Waals surface area (Å²) in [7, 11) is 0. The van der Waals surface area contributed by atoms with E-state index in [4.69, 9.17) is 4.42 Å². The van der Waals surface area contributed by atoms with Crippen LogP contribution in [0.15, 0.2) is 77.2 Å². The monoisotopic (exact) mass is 714 g/mol. The molecule has 5 rings (SSSR count). The SMILES string of the molecule is CC(C)(C)C(=O)/C=C(\O)C(C)(C)C.CC(C)c1c[c-]c(-c2ncnc3c2oc2cc4ccccc4cc23)cc1.[Ir]. The number of aliphatic hydroxyl groups excluding tert-OH is 1. The third-order valence-corrected chi connectivity index (χ3v) is 6.65. The zero-order valence-corrected chi connectivity index (χ0v) is 26.8. The molecule has 40 heavy (non-hydrogen) atoms. The quantitative estimate of drug-likeness (QED) is 0.115. The van der Waals surface area contributed by atoms with Crippen molar-refractivity contribution in [3.8, 4) is 11.3 Å². The van der Waals surface area contributed by atoms with E-state index >= 15 is 0 Å². The molecule has 0 atom stereocenters. The number of hydrogen-bond donors (Lipinski definition) is 1. The van der Waals surface area contributed by atoms with Gasteiger partial charge in [-0.15, -0.1) is 35.4 Å². The maximum absolute atomic E-state index is 11.5. The number of benzene rings is 3. The minimum atomic E-state index is -0.417. The Hall–Kier alpha value is -3.34. The molecule has 0 saturated carbocycles. The number of ketones is 1. The molecule has 5 nitrogen and oxygen atoms in total. The number of carbonyl (C=O) groups is 1. The normalized spacial score (nSPS) is 12.4. The summed E-state index contributed by atoms with van der Waals surface area (Å²) >= 11 is 0. The molecule has 3 aromatic carbocycles. The van der Waals surface area contributed by atoms with Crippen LogP contribution in [0.3, 0.4) is 0 Å². The van der Waals surface area contributed by atoms with E-state index in [1.54, 1.807) is 6.33 Å². The van der Waals surface area contributed by atoms with Crippen LogP contribution in [0.4, 0.5) is 0 Å². The van der Waals surface area contributed by atoms with Crippen molar-refractivity contribution >= 4 is 38.6 Å². The third-order valence-electron chi connectivity index (χ3n) is 6.65. The Kier molecular flexibility index (Phi) is 9.38. The number of furan rings is 1. The molecule has 1 radical (unpaired) electrons.